The third kappa shape index (κ3) is 9.53. The average Bonchev–Trinajstić information content (AvgIpc) is 3.19. The summed E-state index contributed by atoms with van der Waals surface area (Å²) in [5, 5.41) is 9.07. The van der Waals surface area contributed by atoms with E-state index in [0.29, 0.717) is 6.42 Å². The maximum Gasteiger partial charge on any atom is 0.408 e. The predicted molar refractivity (Wildman–Crippen MR) is 140 cm³/mol. The van der Waals surface area contributed by atoms with Gasteiger partial charge in [-0.1, -0.05) is 32.0 Å². The summed E-state index contributed by atoms with van der Waals surface area (Å²) in [5.41, 5.74) is 1.01. The van der Waals surface area contributed by atoms with Crippen LogP contribution in [0.5, 0.6) is 0 Å². The molecule has 36 heavy (non-hydrogen) atoms. The van der Waals surface area contributed by atoms with Gasteiger partial charge < -0.3 is 25.7 Å². The van der Waals surface area contributed by atoms with Crippen molar-refractivity contribution >= 4 is 46.2 Å². The number of fused-ring (bicyclic) bond motifs is 1. The number of ketones is 1. The summed E-state index contributed by atoms with van der Waals surface area (Å²) in [6, 6.07) is 5.83. The number of alkyl halides is 1. The first-order chi connectivity index (χ1) is 16.9. The number of aromatic nitrogens is 1. The Morgan fingerprint density at radius 2 is 1.72 bits per heavy atom. The Bertz CT molecular complexity index is 1060. The number of ether oxygens (including phenoxy) is 1. The van der Waals surface area contributed by atoms with Crippen molar-refractivity contribution in [2.24, 2.45) is 5.92 Å². The molecule has 4 N–H and O–H groups in total. The Morgan fingerprint density at radius 3 is 2.36 bits per heavy atom. The number of alkyl carbamates (subject to hydrolysis) is 1. The molecule has 0 radical (unpaired) electrons. The maximum atomic E-state index is 13.4. The number of carbonyl (C=O) groups excluding carboxylic acids is 4. The summed E-state index contributed by atoms with van der Waals surface area (Å²) in [5.74, 6) is -1.10. The van der Waals surface area contributed by atoms with Crippen molar-refractivity contribution in [1.82, 2.24) is 20.9 Å². The second-order valence-electron chi connectivity index (χ2n) is 10.2. The standard InChI is InChI=1S/C26H37ClN4O5/c1-16(2)12-21(23(33)28-11-10-18(32)14-27)30-24(34)22(31-25(35)36-26(3,4)5)13-17-15-29-20-9-7-6-8-19(17)20/h6-9,15-16,21-22,29H,10-14H2,1-5H3,(H,28,33)(H,30,34)(H,31,35)/t21-,22-/m0/s1. The van der Waals surface area contributed by atoms with Crippen LogP contribution in [0.4, 0.5) is 4.79 Å². The van der Waals surface area contributed by atoms with E-state index in [-0.39, 0.29) is 37.0 Å². The molecule has 0 saturated carbocycles. The van der Waals surface area contributed by atoms with Crippen LogP contribution in [-0.2, 0) is 25.5 Å². The molecule has 198 valence electrons. The first kappa shape index (κ1) is 29.2. The SMILES string of the molecule is CC(C)C[C@H](NC(=O)[C@H](Cc1c[nH]c2ccccc12)NC(=O)OC(C)(C)C)C(=O)NCCC(=O)CCl. The summed E-state index contributed by atoms with van der Waals surface area (Å²) >= 11 is 5.51. The minimum Gasteiger partial charge on any atom is -0.444 e. The van der Waals surface area contributed by atoms with Crippen LogP contribution in [0.25, 0.3) is 10.9 Å². The fraction of sp³-hybridized carbons (Fsp3) is 0.538. The lowest BCUT2D eigenvalue weighted by Gasteiger charge is -2.26. The lowest BCUT2D eigenvalue weighted by molar-refractivity contribution is -0.130. The van der Waals surface area contributed by atoms with E-state index in [1.807, 2.05) is 38.1 Å². The summed E-state index contributed by atoms with van der Waals surface area (Å²) < 4.78 is 5.37. The summed E-state index contributed by atoms with van der Waals surface area (Å²) in [4.78, 5) is 53.4. The van der Waals surface area contributed by atoms with Gasteiger partial charge in [0.1, 0.15) is 23.5 Å². The number of amides is 3. The van der Waals surface area contributed by atoms with Gasteiger partial charge in [-0.15, -0.1) is 11.6 Å². The molecule has 0 bridgehead atoms. The Balaban J connectivity index is 2.21. The number of rotatable bonds is 12. The fourth-order valence-electron chi connectivity index (χ4n) is 3.67. The lowest BCUT2D eigenvalue weighted by Crippen LogP contribution is -2.55. The molecule has 0 fully saturated rings. The van der Waals surface area contributed by atoms with Crippen LogP contribution >= 0.6 is 11.6 Å². The summed E-state index contributed by atoms with van der Waals surface area (Å²) in [7, 11) is 0. The molecular formula is C26H37ClN4O5. The van der Waals surface area contributed by atoms with Crippen LogP contribution in [0.1, 0.15) is 53.0 Å². The molecule has 1 heterocycles. The molecule has 10 heteroatoms. The van der Waals surface area contributed by atoms with Crippen molar-refractivity contribution in [1.29, 1.82) is 0 Å². The maximum absolute atomic E-state index is 13.4. The van der Waals surface area contributed by atoms with Crippen LogP contribution in [0.15, 0.2) is 30.5 Å². The highest BCUT2D eigenvalue weighted by Gasteiger charge is 2.29. The normalized spacial score (nSPS) is 13.2. The fourth-order valence-corrected chi connectivity index (χ4v) is 3.80. The Labute approximate surface area is 217 Å². The van der Waals surface area contributed by atoms with E-state index >= 15 is 0 Å². The smallest absolute Gasteiger partial charge is 0.408 e. The van der Waals surface area contributed by atoms with Crippen LogP contribution in [0.3, 0.4) is 0 Å². The zero-order chi connectivity index (χ0) is 26.9. The van der Waals surface area contributed by atoms with Gasteiger partial charge in [0.2, 0.25) is 11.8 Å². The molecule has 2 rings (SSSR count). The molecule has 2 aromatic rings. The zero-order valence-electron chi connectivity index (χ0n) is 21.6. The third-order valence-corrected chi connectivity index (χ3v) is 5.60. The van der Waals surface area contributed by atoms with Gasteiger partial charge in [-0.2, -0.15) is 0 Å². The molecule has 1 aromatic heterocycles. The lowest BCUT2D eigenvalue weighted by atomic mass is 10.0. The number of hydrogen-bond donors (Lipinski definition) is 4. The van der Waals surface area contributed by atoms with Crippen molar-refractivity contribution in [3.8, 4) is 0 Å². The number of carbonyl (C=O) groups is 4. The summed E-state index contributed by atoms with van der Waals surface area (Å²) in [6.45, 7) is 9.21. The van der Waals surface area contributed by atoms with Gasteiger partial charge in [0.25, 0.3) is 0 Å². The van der Waals surface area contributed by atoms with Crippen LogP contribution in [0.2, 0.25) is 0 Å². The molecule has 1 aromatic carbocycles. The molecule has 0 aliphatic heterocycles. The van der Waals surface area contributed by atoms with E-state index in [1.165, 1.54) is 0 Å². The molecular weight excluding hydrogens is 484 g/mol. The Kier molecular flexibility index (Phi) is 10.8. The largest absolute Gasteiger partial charge is 0.444 e. The molecule has 3 amide bonds. The Hall–Kier alpha value is -3.07. The van der Waals surface area contributed by atoms with Gasteiger partial charge >= 0.3 is 6.09 Å². The average molecular weight is 521 g/mol. The van der Waals surface area contributed by atoms with Crippen LogP contribution in [0, 0.1) is 5.92 Å². The van der Waals surface area contributed by atoms with Gasteiger partial charge in [0.15, 0.2) is 0 Å². The van der Waals surface area contributed by atoms with Crippen LogP contribution in [-0.4, -0.2) is 58.8 Å². The van der Waals surface area contributed by atoms with Crippen molar-refractivity contribution < 1.29 is 23.9 Å². The minimum atomic E-state index is -0.987. The van der Waals surface area contributed by atoms with E-state index in [0.717, 1.165) is 16.5 Å². The van der Waals surface area contributed by atoms with Gasteiger partial charge in [-0.05, 0) is 44.7 Å². The molecule has 0 aliphatic carbocycles. The van der Waals surface area contributed by atoms with Crippen molar-refractivity contribution in [2.75, 3.05) is 12.4 Å². The molecule has 0 aliphatic rings. The molecule has 0 spiro atoms. The highest BCUT2D eigenvalue weighted by molar-refractivity contribution is 6.27. The monoisotopic (exact) mass is 520 g/mol. The van der Waals surface area contributed by atoms with Crippen molar-refractivity contribution in [2.45, 2.75) is 71.6 Å². The van der Waals surface area contributed by atoms with Crippen molar-refractivity contribution in [3.63, 3.8) is 0 Å². The second kappa shape index (κ2) is 13.3. The number of hydrogen-bond acceptors (Lipinski definition) is 5. The van der Waals surface area contributed by atoms with Gasteiger partial charge in [-0.3, -0.25) is 14.4 Å². The molecule has 0 saturated heterocycles. The number of H-pyrrole nitrogens is 1. The number of aromatic amines is 1. The topological polar surface area (TPSA) is 129 Å². The molecule has 2 atom stereocenters. The van der Waals surface area contributed by atoms with E-state index in [9.17, 15) is 19.2 Å². The zero-order valence-corrected chi connectivity index (χ0v) is 22.3. The minimum absolute atomic E-state index is 0.108. The number of Topliss-reactive ketones (excluding diaryl/α,β-unsaturated/α-hetero) is 1. The highest BCUT2D eigenvalue weighted by atomic mass is 35.5. The van der Waals surface area contributed by atoms with Crippen molar-refractivity contribution in [3.05, 3.63) is 36.0 Å². The van der Waals surface area contributed by atoms with Gasteiger partial charge in [0, 0.05) is 36.5 Å². The molecule has 0 unspecified atom stereocenters. The third-order valence-electron chi connectivity index (χ3n) is 5.30. The quantitative estimate of drug-likeness (QED) is 0.318. The summed E-state index contributed by atoms with van der Waals surface area (Å²) in [6.07, 6.45) is 1.75. The Morgan fingerprint density at radius 1 is 1.03 bits per heavy atom. The van der Waals surface area contributed by atoms with Crippen LogP contribution < -0.4 is 16.0 Å². The van der Waals surface area contributed by atoms with Gasteiger partial charge in [-0.25, -0.2) is 4.79 Å². The first-order valence-corrected chi connectivity index (χ1v) is 12.6. The van der Waals surface area contributed by atoms with E-state index in [1.54, 1.807) is 27.0 Å². The number of benzene rings is 1. The predicted octanol–water partition coefficient (Wildman–Crippen LogP) is 3.45. The van der Waals surface area contributed by atoms with E-state index in [4.69, 9.17) is 16.3 Å². The van der Waals surface area contributed by atoms with E-state index < -0.39 is 35.6 Å². The first-order valence-electron chi connectivity index (χ1n) is 12.1. The highest BCUT2D eigenvalue weighted by Crippen LogP contribution is 2.20. The van der Waals surface area contributed by atoms with Gasteiger partial charge in [0.05, 0.1) is 5.88 Å². The number of nitrogens with one attached hydrogen (secondary N) is 4. The molecule has 9 nitrogen and oxygen atoms in total. The second-order valence-corrected chi connectivity index (χ2v) is 10.4. The number of para-hydroxylation sites is 1. The van der Waals surface area contributed by atoms with E-state index in [2.05, 4.69) is 20.9 Å². The number of halogens is 1.